The fourth-order valence-corrected chi connectivity index (χ4v) is 2.54. The molecule has 0 saturated carbocycles. The molecule has 0 aromatic heterocycles. The van der Waals surface area contributed by atoms with E-state index in [0.29, 0.717) is 60.4 Å². The van der Waals surface area contributed by atoms with Crippen molar-refractivity contribution in [3.8, 4) is 23.0 Å². The van der Waals surface area contributed by atoms with Gasteiger partial charge in [-0.15, -0.1) is 0 Å². The molecule has 0 fully saturated rings. The molecule has 3 N–H and O–H groups in total. The van der Waals surface area contributed by atoms with Crippen LogP contribution in [-0.4, -0.2) is 25.9 Å². The predicted octanol–water partition coefficient (Wildman–Crippen LogP) is 3.19. The highest BCUT2D eigenvalue weighted by Crippen LogP contribution is 2.38. The summed E-state index contributed by atoms with van der Waals surface area (Å²) in [6.07, 6.45) is 0.876. The van der Waals surface area contributed by atoms with Gasteiger partial charge in [0.2, 0.25) is 12.7 Å². The Balaban J connectivity index is 1.47. The van der Waals surface area contributed by atoms with E-state index in [4.69, 9.17) is 24.7 Å². The number of hydrogen-bond acceptors (Lipinski definition) is 6. The largest absolute Gasteiger partial charge is 0.490 e. The van der Waals surface area contributed by atoms with Crippen molar-refractivity contribution in [3.63, 3.8) is 0 Å². The summed E-state index contributed by atoms with van der Waals surface area (Å²) < 4.78 is 21.8. The topological polar surface area (TPSA) is 92.0 Å². The number of benzene rings is 2. The van der Waals surface area contributed by atoms with E-state index in [-0.39, 0.29) is 12.7 Å². The Morgan fingerprint density at radius 1 is 1.15 bits per heavy atom. The van der Waals surface area contributed by atoms with Gasteiger partial charge in [-0.1, -0.05) is 12.1 Å². The number of fused-ring (bicyclic) bond motifs is 1. The van der Waals surface area contributed by atoms with E-state index < -0.39 is 0 Å². The van der Waals surface area contributed by atoms with Crippen LogP contribution in [0.25, 0.3) is 0 Å². The van der Waals surface area contributed by atoms with Gasteiger partial charge in [0.05, 0.1) is 24.6 Å². The molecule has 0 saturated heterocycles. The first kappa shape index (κ1) is 17.7. The van der Waals surface area contributed by atoms with Crippen molar-refractivity contribution in [1.29, 1.82) is 0 Å². The molecular formula is C19H22N2O5. The number of carbonyl (C=O) groups excluding carboxylic acids is 1. The van der Waals surface area contributed by atoms with E-state index in [2.05, 4.69) is 5.32 Å². The Kier molecular flexibility index (Phi) is 5.68. The number of anilines is 2. The van der Waals surface area contributed by atoms with E-state index in [0.717, 1.165) is 0 Å². The van der Waals surface area contributed by atoms with Crippen molar-refractivity contribution in [3.05, 3.63) is 36.4 Å². The second-order valence-electron chi connectivity index (χ2n) is 5.67. The Hall–Kier alpha value is -3.09. The molecule has 26 heavy (non-hydrogen) atoms. The highest BCUT2D eigenvalue weighted by molar-refractivity contribution is 5.94. The van der Waals surface area contributed by atoms with Crippen LogP contribution in [0, 0.1) is 0 Å². The molecule has 7 nitrogen and oxygen atoms in total. The van der Waals surface area contributed by atoms with Gasteiger partial charge in [-0.05, 0) is 25.5 Å². The summed E-state index contributed by atoms with van der Waals surface area (Å²) in [6, 6.07) is 10.8. The second kappa shape index (κ2) is 8.33. The van der Waals surface area contributed by atoms with Gasteiger partial charge in [-0.2, -0.15) is 0 Å². The predicted molar refractivity (Wildman–Crippen MR) is 97.9 cm³/mol. The van der Waals surface area contributed by atoms with Gasteiger partial charge in [0, 0.05) is 18.6 Å². The highest BCUT2D eigenvalue weighted by atomic mass is 16.7. The summed E-state index contributed by atoms with van der Waals surface area (Å²) in [7, 11) is 0. The molecular weight excluding hydrogens is 336 g/mol. The molecule has 1 amide bonds. The lowest BCUT2D eigenvalue weighted by Gasteiger charge is -2.12. The molecule has 3 rings (SSSR count). The van der Waals surface area contributed by atoms with Gasteiger partial charge < -0.3 is 30.0 Å². The maximum absolute atomic E-state index is 12.1. The van der Waals surface area contributed by atoms with Crippen LogP contribution in [0.15, 0.2) is 36.4 Å². The molecule has 0 aliphatic carbocycles. The van der Waals surface area contributed by atoms with Gasteiger partial charge in [0.1, 0.15) is 0 Å². The molecule has 0 bridgehead atoms. The number of amides is 1. The van der Waals surface area contributed by atoms with E-state index >= 15 is 0 Å². The molecule has 2 aromatic carbocycles. The van der Waals surface area contributed by atoms with Crippen LogP contribution in [-0.2, 0) is 4.79 Å². The molecule has 0 atom stereocenters. The maximum atomic E-state index is 12.1. The van der Waals surface area contributed by atoms with Crippen molar-refractivity contribution >= 4 is 17.3 Å². The molecule has 0 spiro atoms. The SMILES string of the molecule is CCOc1ccccc1OCCCC(=O)Nc1cc2c(cc1N)OCO2. The minimum absolute atomic E-state index is 0.141. The summed E-state index contributed by atoms with van der Waals surface area (Å²) in [5.41, 5.74) is 6.88. The smallest absolute Gasteiger partial charge is 0.231 e. The number of nitrogens with two attached hydrogens (primary N) is 1. The second-order valence-corrected chi connectivity index (χ2v) is 5.67. The van der Waals surface area contributed by atoms with Gasteiger partial charge in [-0.25, -0.2) is 0 Å². The van der Waals surface area contributed by atoms with Crippen LogP contribution in [0.4, 0.5) is 11.4 Å². The highest BCUT2D eigenvalue weighted by Gasteiger charge is 2.17. The van der Waals surface area contributed by atoms with E-state index in [1.807, 2.05) is 31.2 Å². The average Bonchev–Trinajstić information content (AvgIpc) is 3.07. The summed E-state index contributed by atoms with van der Waals surface area (Å²) in [6.45, 7) is 3.06. The lowest BCUT2D eigenvalue weighted by atomic mass is 10.2. The third-order valence-electron chi connectivity index (χ3n) is 3.77. The van der Waals surface area contributed by atoms with E-state index in [1.54, 1.807) is 12.1 Å². The van der Waals surface area contributed by atoms with Crippen molar-refractivity contribution < 1.29 is 23.7 Å². The minimum atomic E-state index is -0.141. The first-order chi connectivity index (χ1) is 12.7. The van der Waals surface area contributed by atoms with Crippen LogP contribution in [0.2, 0.25) is 0 Å². The molecule has 1 aliphatic rings. The van der Waals surface area contributed by atoms with Gasteiger partial charge in [-0.3, -0.25) is 4.79 Å². The fourth-order valence-electron chi connectivity index (χ4n) is 2.54. The first-order valence-corrected chi connectivity index (χ1v) is 8.51. The lowest BCUT2D eigenvalue weighted by Crippen LogP contribution is -2.14. The normalized spacial score (nSPS) is 11.9. The maximum Gasteiger partial charge on any atom is 0.231 e. The van der Waals surface area contributed by atoms with Crippen LogP contribution < -0.4 is 30.0 Å². The third-order valence-corrected chi connectivity index (χ3v) is 3.77. The molecule has 0 radical (unpaired) electrons. The fraction of sp³-hybridized carbons (Fsp3) is 0.316. The molecule has 0 unspecified atom stereocenters. The number of nitrogens with one attached hydrogen (secondary N) is 1. The molecule has 2 aromatic rings. The number of ether oxygens (including phenoxy) is 4. The zero-order valence-corrected chi connectivity index (χ0v) is 14.6. The number of hydrogen-bond donors (Lipinski definition) is 2. The molecule has 138 valence electrons. The Bertz CT molecular complexity index is 779. The lowest BCUT2D eigenvalue weighted by molar-refractivity contribution is -0.116. The average molecular weight is 358 g/mol. The zero-order chi connectivity index (χ0) is 18.4. The Morgan fingerprint density at radius 2 is 1.85 bits per heavy atom. The van der Waals surface area contributed by atoms with Crippen LogP contribution in [0.1, 0.15) is 19.8 Å². The van der Waals surface area contributed by atoms with Crippen molar-refractivity contribution in [2.45, 2.75) is 19.8 Å². The van der Waals surface area contributed by atoms with Crippen molar-refractivity contribution in [2.75, 3.05) is 31.1 Å². The van der Waals surface area contributed by atoms with E-state index in [9.17, 15) is 4.79 Å². The number of para-hydroxylation sites is 2. The summed E-state index contributed by atoms with van der Waals surface area (Å²) in [5.74, 6) is 2.40. The van der Waals surface area contributed by atoms with Gasteiger partial charge in [0.25, 0.3) is 0 Å². The monoisotopic (exact) mass is 358 g/mol. The third kappa shape index (κ3) is 4.30. The summed E-state index contributed by atoms with van der Waals surface area (Å²) in [5, 5.41) is 2.79. The quantitative estimate of drug-likeness (QED) is 0.556. The zero-order valence-electron chi connectivity index (χ0n) is 14.6. The van der Waals surface area contributed by atoms with Gasteiger partial charge in [0.15, 0.2) is 23.0 Å². The van der Waals surface area contributed by atoms with Crippen molar-refractivity contribution in [1.82, 2.24) is 0 Å². The molecule has 7 heteroatoms. The van der Waals surface area contributed by atoms with Crippen LogP contribution in [0.5, 0.6) is 23.0 Å². The van der Waals surface area contributed by atoms with E-state index in [1.165, 1.54) is 0 Å². The number of rotatable bonds is 8. The minimum Gasteiger partial charge on any atom is -0.490 e. The Labute approximate surface area is 152 Å². The molecule has 1 aliphatic heterocycles. The first-order valence-electron chi connectivity index (χ1n) is 8.51. The number of carbonyl (C=O) groups is 1. The standard InChI is InChI=1S/C19H22N2O5/c1-2-23-15-6-3-4-7-16(15)24-9-5-8-19(22)21-14-11-18-17(10-13(14)20)25-12-26-18/h3-4,6-7,10-11H,2,5,8-9,12,20H2,1H3,(H,21,22). The van der Waals surface area contributed by atoms with Gasteiger partial charge >= 0.3 is 0 Å². The van der Waals surface area contributed by atoms with Crippen LogP contribution in [0.3, 0.4) is 0 Å². The van der Waals surface area contributed by atoms with Crippen LogP contribution >= 0.6 is 0 Å². The summed E-state index contributed by atoms with van der Waals surface area (Å²) in [4.78, 5) is 12.1. The number of nitrogen functional groups attached to an aromatic ring is 1. The summed E-state index contributed by atoms with van der Waals surface area (Å²) >= 11 is 0. The van der Waals surface area contributed by atoms with Crippen molar-refractivity contribution in [2.24, 2.45) is 0 Å². The molecule has 1 heterocycles. The Morgan fingerprint density at radius 3 is 2.58 bits per heavy atom.